The third-order valence-electron chi connectivity index (χ3n) is 5.49. The standard InChI is InChI=1S/C24H30N2O2/c1-27-12-7-13-28-17-18-14-20-16-22(19-8-3-2-4-9-19)26-24(20)23(15-18)25-21-10-5-6-11-21/h2-4,8-9,14-16,21,25-26H,5-7,10-13,17H2,1H3. The maximum absolute atomic E-state index is 5.87. The molecule has 4 nitrogen and oxygen atoms in total. The molecule has 2 aromatic carbocycles. The first-order valence-electron chi connectivity index (χ1n) is 10.4. The van der Waals surface area contributed by atoms with Gasteiger partial charge in [-0.15, -0.1) is 0 Å². The Morgan fingerprint density at radius 2 is 1.86 bits per heavy atom. The van der Waals surface area contributed by atoms with Crippen LogP contribution in [0.5, 0.6) is 0 Å². The second-order valence-corrected chi connectivity index (χ2v) is 7.68. The molecule has 0 bridgehead atoms. The number of aromatic nitrogens is 1. The molecular formula is C24H30N2O2. The van der Waals surface area contributed by atoms with Gasteiger partial charge in [-0.25, -0.2) is 0 Å². The third kappa shape index (κ3) is 4.57. The van der Waals surface area contributed by atoms with Gasteiger partial charge in [-0.1, -0.05) is 43.2 Å². The lowest BCUT2D eigenvalue weighted by Gasteiger charge is -2.16. The predicted molar refractivity (Wildman–Crippen MR) is 116 cm³/mol. The van der Waals surface area contributed by atoms with Crippen LogP contribution in [0.25, 0.3) is 22.2 Å². The van der Waals surface area contributed by atoms with E-state index < -0.39 is 0 Å². The van der Waals surface area contributed by atoms with E-state index in [1.165, 1.54) is 53.4 Å². The second-order valence-electron chi connectivity index (χ2n) is 7.68. The summed E-state index contributed by atoms with van der Waals surface area (Å²) in [5.41, 5.74) is 5.96. The van der Waals surface area contributed by atoms with Crippen molar-refractivity contribution in [3.05, 3.63) is 54.1 Å². The van der Waals surface area contributed by atoms with Crippen LogP contribution in [0.2, 0.25) is 0 Å². The lowest BCUT2D eigenvalue weighted by Crippen LogP contribution is -2.15. The SMILES string of the molecule is COCCCOCc1cc(NC2CCCC2)c2[nH]c(-c3ccccc3)cc2c1. The van der Waals surface area contributed by atoms with Gasteiger partial charge in [0.25, 0.3) is 0 Å². The molecular weight excluding hydrogens is 348 g/mol. The van der Waals surface area contributed by atoms with Crippen LogP contribution in [0.3, 0.4) is 0 Å². The predicted octanol–water partition coefficient (Wildman–Crippen LogP) is 5.74. The van der Waals surface area contributed by atoms with Crippen molar-refractivity contribution in [3.8, 4) is 11.3 Å². The van der Waals surface area contributed by atoms with Crippen molar-refractivity contribution in [1.82, 2.24) is 4.98 Å². The number of nitrogens with one attached hydrogen (secondary N) is 2. The lowest BCUT2D eigenvalue weighted by atomic mass is 10.1. The number of hydrogen-bond acceptors (Lipinski definition) is 3. The summed E-state index contributed by atoms with van der Waals surface area (Å²) in [6.45, 7) is 2.09. The van der Waals surface area contributed by atoms with E-state index in [9.17, 15) is 0 Å². The number of benzene rings is 2. The van der Waals surface area contributed by atoms with E-state index in [-0.39, 0.29) is 0 Å². The van der Waals surface area contributed by atoms with Crippen LogP contribution in [0.1, 0.15) is 37.7 Å². The third-order valence-corrected chi connectivity index (χ3v) is 5.49. The quantitative estimate of drug-likeness (QED) is 0.467. The van der Waals surface area contributed by atoms with Crippen LogP contribution in [0, 0.1) is 0 Å². The summed E-state index contributed by atoms with van der Waals surface area (Å²) in [5, 5.41) is 5.03. The number of H-pyrrole nitrogens is 1. The van der Waals surface area contributed by atoms with E-state index in [4.69, 9.17) is 9.47 Å². The molecule has 0 aliphatic heterocycles. The fourth-order valence-corrected chi connectivity index (χ4v) is 4.06. The van der Waals surface area contributed by atoms with Crippen LogP contribution in [-0.2, 0) is 16.1 Å². The summed E-state index contributed by atoms with van der Waals surface area (Å²) in [6.07, 6.45) is 6.08. The molecule has 1 aromatic heterocycles. The minimum atomic E-state index is 0.574. The summed E-state index contributed by atoms with van der Waals surface area (Å²) in [4.78, 5) is 3.65. The van der Waals surface area contributed by atoms with E-state index in [0.29, 0.717) is 12.6 Å². The Hall–Kier alpha value is -2.30. The van der Waals surface area contributed by atoms with Crippen LogP contribution in [0.15, 0.2) is 48.5 Å². The minimum Gasteiger partial charge on any atom is -0.385 e. The fourth-order valence-electron chi connectivity index (χ4n) is 4.06. The minimum absolute atomic E-state index is 0.574. The summed E-state index contributed by atoms with van der Waals surface area (Å²) < 4.78 is 11.0. The van der Waals surface area contributed by atoms with E-state index >= 15 is 0 Å². The molecule has 0 spiro atoms. The molecule has 4 rings (SSSR count). The maximum Gasteiger partial charge on any atom is 0.0717 e. The van der Waals surface area contributed by atoms with Gasteiger partial charge < -0.3 is 19.8 Å². The van der Waals surface area contributed by atoms with Gasteiger partial charge in [-0.2, -0.15) is 0 Å². The topological polar surface area (TPSA) is 46.3 Å². The molecule has 1 aliphatic rings. The van der Waals surface area contributed by atoms with Crippen molar-refractivity contribution in [2.75, 3.05) is 25.6 Å². The van der Waals surface area contributed by atoms with E-state index in [2.05, 4.69) is 58.8 Å². The van der Waals surface area contributed by atoms with Crippen LogP contribution >= 0.6 is 0 Å². The molecule has 3 aromatic rings. The molecule has 28 heavy (non-hydrogen) atoms. The zero-order valence-electron chi connectivity index (χ0n) is 16.7. The molecule has 0 atom stereocenters. The van der Waals surface area contributed by atoms with Crippen molar-refractivity contribution < 1.29 is 9.47 Å². The van der Waals surface area contributed by atoms with Gasteiger partial charge in [0.05, 0.1) is 17.8 Å². The Labute approximate surface area is 167 Å². The van der Waals surface area contributed by atoms with Gasteiger partial charge in [0.15, 0.2) is 0 Å². The van der Waals surface area contributed by atoms with Gasteiger partial charge in [0, 0.05) is 37.4 Å². The number of ether oxygens (including phenoxy) is 2. The zero-order valence-corrected chi connectivity index (χ0v) is 16.7. The summed E-state index contributed by atoms with van der Waals surface area (Å²) in [6, 6.07) is 17.8. The molecule has 0 saturated heterocycles. The normalized spacial score (nSPS) is 14.8. The zero-order chi connectivity index (χ0) is 19.2. The number of methoxy groups -OCH3 is 1. The Balaban J connectivity index is 1.60. The van der Waals surface area contributed by atoms with E-state index in [0.717, 1.165) is 25.3 Å². The highest BCUT2D eigenvalue weighted by Gasteiger charge is 2.17. The highest BCUT2D eigenvalue weighted by Crippen LogP contribution is 2.32. The molecule has 1 heterocycles. The van der Waals surface area contributed by atoms with Crippen molar-refractivity contribution in [1.29, 1.82) is 0 Å². The van der Waals surface area contributed by atoms with Crippen molar-refractivity contribution >= 4 is 16.6 Å². The van der Waals surface area contributed by atoms with Crippen LogP contribution in [-0.4, -0.2) is 31.3 Å². The number of hydrogen-bond donors (Lipinski definition) is 2. The summed E-state index contributed by atoms with van der Waals surface area (Å²) in [5.74, 6) is 0. The fraction of sp³-hybridized carbons (Fsp3) is 0.417. The molecule has 0 radical (unpaired) electrons. The summed E-state index contributed by atoms with van der Waals surface area (Å²) >= 11 is 0. The van der Waals surface area contributed by atoms with Gasteiger partial charge in [-0.05, 0) is 48.6 Å². The van der Waals surface area contributed by atoms with Crippen LogP contribution in [0.4, 0.5) is 5.69 Å². The van der Waals surface area contributed by atoms with Gasteiger partial charge >= 0.3 is 0 Å². The van der Waals surface area contributed by atoms with Crippen molar-refractivity contribution in [3.63, 3.8) is 0 Å². The highest BCUT2D eigenvalue weighted by molar-refractivity contribution is 5.95. The number of fused-ring (bicyclic) bond motifs is 1. The Morgan fingerprint density at radius 1 is 1.04 bits per heavy atom. The average molecular weight is 379 g/mol. The Morgan fingerprint density at radius 3 is 2.64 bits per heavy atom. The van der Waals surface area contributed by atoms with Crippen molar-refractivity contribution in [2.24, 2.45) is 0 Å². The lowest BCUT2D eigenvalue weighted by molar-refractivity contribution is 0.0929. The van der Waals surface area contributed by atoms with Crippen LogP contribution < -0.4 is 5.32 Å². The molecule has 1 saturated carbocycles. The largest absolute Gasteiger partial charge is 0.385 e. The molecule has 1 aliphatic carbocycles. The molecule has 2 N–H and O–H groups in total. The first-order valence-corrected chi connectivity index (χ1v) is 10.4. The second kappa shape index (κ2) is 9.26. The van der Waals surface area contributed by atoms with Gasteiger partial charge in [0.2, 0.25) is 0 Å². The number of rotatable bonds is 9. The maximum atomic E-state index is 5.87. The van der Waals surface area contributed by atoms with Gasteiger partial charge in [0.1, 0.15) is 0 Å². The van der Waals surface area contributed by atoms with Gasteiger partial charge in [-0.3, -0.25) is 0 Å². The smallest absolute Gasteiger partial charge is 0.0717 e. The molecule has 148 valence electrons. The average Bonchev–Trinajstić information content (AvgIpc) is 3.38. The van der Waals surface area contributed by atoms with Crippen molar-refractivity contribution in [2.45, 2.75) is 44.8 Å². The Bertz CT molecular complexity index is 882. The summed E-state index contributed by atoms with van der Waals surface area (Å²) in [7, 11) is 1.73. The first-order chi connectivity index (χ1) is 13.8. The molecule has 4 heteroatoms. The molecule has 0 unspecified atom stereocenters. The molecule has 1 fully saturated rings. The Kier molecular flexibility index (Phi) is 6.30. The number of anilines is 1. The highest BCUT2D eigenvalue weighted by atomic mass is 16.5. The van der Waals surface area contributed by atoms with E-state index in [1.807, 2.05) is 0 Å². The number of aromatic amines is 1. The first kappa shape index (κ1) is 19.0. The van der Waals surface area contributed by atoms with E-state index in [1.54, 1.807) is 7.11 Å². The molecule has 0 amide bonds. The monoisotopic (exact) mass is 378 g/mol.